The van der Waals surface area contributed by atoms with Gasteiger partial charge >= 0.3 is 0 Å². The number of halogens is 1. The summed E-state index contributed by atoms with van der Waals surface area (Å²) in [6.07, 6.45) is 2.43. The van der Waals surface area contributed by atoms with E-state index in [9.17, 15) is 4.79 Å². The van der Waals surface area contributed by atoms with Gasteiger partial charge in [-0.1, -0.05) is 60.1 Å². The number of hydrogen-bond acceptors (Lipinski definition) is 4. The Hall–Kier alpha value is -2.92. The van der Waals surface area contributed by atoms with Crippen LogP contribution in [-0.4, -0.2) is 22.4 Å². The average Bonchev–Trinajstić information content (AvgIpc) is 2.68. The van der Waals surface area contributed by atoms with Crippen molar-refractivity contribution in [1.82, 2.24) is 15.3 Å². The van der Waals surface area contributed by atoms with E-state index in [4.69, 9.17) is 11.6 Å². The monoisotopic (exact) mass is 366 g/mol. The minimum absolute atomic E-state index is 0.265. The summed E-state index contributed by atoms with van der Waals surface area (Å²) in [6.45, 7) is 1.04. The molecule has 0 atom stereocenters. The first-order chi connectivity index (χ1) is 12.7. The van der Waals surface area contributed by atoms with Crippen LogP contribution in [0.1, 0.15) is 21.6 Å². The molecule has 0 spiro atoms. The Labute approximate surface area is 157 Å². The van der Waals surface area contributed by atoms with E-state index in [0.29, 0.717) is 29.8 Å². The number of nitrogens with one attached hydrogen (secondary N) is 2. The molecule has 2 N–H and O–H groups in total. The summed E-state index contributed by atoms with van der Waals surface area (Å²) in [6, 6.07) is 19.1. The Morgan fingerprint density at radius 3 is 2.58 bits per heavy atom. The smallest absolute Gasteiger partial charge is 0.270 e. The molecule has 2 aromatic carbocycles. The maximum Gasteiger partial charge on any atom is 0.270 e. The predicted molar refractivity (Wildman–Crippen MR) is 103 cm³/mol. The molecule has 0 saturated heterocycles. The molecule has 0 aliphatic rings. The summed E-state index contributed by atoms with van der Waals surface area (Å²) in [4.78, 5) is 20.7. The normalized spacial score (nSPS) is 10.3. The molecule has 5 nitrogen and oxygen atoms in total. The van der Waals surface area contributed by atoms with Crippen LogP contribution < -0.4 is 10.6 Å². The molecule has 1 heterocycles. The van der Waals surface area contributed by atoms with E-state index < -0.39 is 0 Å². The molecular weight excluding hydrogens is 348 g/mol. The first-order valence-corrected chi connectivity index (χ1v) is 8.72. The second-order valence-electron chi connectivity index (χ2n) is 5.70. The summed E-state index contributed by atoms with van der Waals surface area (Å²) in [5.41, 5.74) is 2.40. The van der Waals surface area contributed by atoms with Crippen LogP contribution in [0.15, 0.2) is 66.9 Å². The highest BCUT2D eigenvalue weighted by Crippen LogP contribution is 2.14. The van der Waals surface area contributed by atoms with Gasteiger partial charge in [-0.2, -0.15) is 0 Å². The molecule has 0 fully saturated rings. The van der Waals surface area contributed by atoms with Gasteiger partial charge in [-0.25, -0.2) is 9.97 Å². The predicted octanol–water partition coefficient (Wildman–Crippen LogP) is 3.71. The lowest BCUT2D eigenvalue weighted by Gasteiger charge is -2.08. The first-order valence-electron chi connectivity index (χ1n) is 8.35. The van der Waals surface area contributed by atoms with Crippen LogP contribution in [-0.2, 0) is 13.0 Å². The van der Waals surface area contributed by atoms with Crippen molar-refractivity contribution >= 4 is 23.5 Å². The van der Waals surface area contributed by atoms with Crippen molar-refractivity contribution in [3.63, 3.8) is 0 Å². The van der Waals surface area contributed by atoms with Crippen molar-refractivity contribution in [3.8, 4) is 0 Å². The summed E-state index contributed by atoms with van der Waals surface area (Å²) in [5.74, 6) is 0.171. The standard InChI is InChI=1S/C20H19ClN4O/c21-17-9-5-4-8-16(17)14-24-19(26)18-11-13-23-20(25-18)22-12-10-15-6-2-1-3-7-15/h1-9,11,13H,10,12,14H2,(H,24,26)(H,22,23,25). The topological polar surface area (TPSA) is 66.9 Å². The second-order valence-corrected chi connectivity index (χ2v) is 6.11. The van der Waals surface area contributed by atoms with Gasteiger partial charge in [0.1, 0.15) is 5.69 Å². The van der Waals surface area contributed by atoms with Crippen molar-refractivity contribution in [3.05, 3.63) is 88.7 Å². The fourth-order valence-corrected chi connectivity index (χ4v) is 2.64. The molecule has 3 aromatic rings. The van der Waals surface area contributed by atoms with E-state index in [1.807, 2.05) is 36.4 Å². The number of nitrogens with zero attached hydrogens (tertiary/aromatic N) is 2. The number of rotatable bonds is 7. The highest BCUT2D eigenvalue weighted by molar-refractivity contribution is 6.31. The van der Waals surface area contributed by atoms with Crippen molar-refractivity contribution < 1.29 is 4.79 Å². The zero-order chi connectivity index (χ0) is 18.2. The minimum Gasteiger partial charge on any atom is -0.354 e. The third kappa shape index (κ3) is 5.04. The van der Waals surface area contributed by atoms with Gasteiger partial charge < -0.3 is 10.6 Å². The lowest BCUT2D eigenvalue weighted by atomic mass is 10.1. The average molecular weight is 367 g/mol. The summed E-state index contributed by atoms with van der Waals surface area (Å²) < 4.78 is 0. The molecule has 0 saturated carbocycles. The Morgan fingerprint density at radius 1 is 1.00 bits per heavy atom. The Kier molecular flexibility index (Phi) is 6.17. The van der Waals surface area contributed by atoms with Crippen molar-refractivity contribution in [2.45, 2.75) is 13.0 Å². The molecule has 132 valence electrons. The zero-order valence-electron chi connectivity index (χ0n) is 14.2. The van der Waals surface area contributed by atoms with Gasteiger partial charge in [0.2, 0.25) is 5.95 Å². The van der Waals surface area contributed by atoms with Gasteiger partial charge in [0.25, 0.3) is 5.91 Å². The fourth-order valence-electron chi connectivity index (χ4n) is 2.44. The van der Waals surface area contributed by atoms with Crippen molar-refractivity contribution in [2.75, 3.05) is 11.9 Å². The van der Waals surface area contributed by atoms with E-state index in [2.05, 4.69) is 32.7 Å². The molecule has 6 heteroatoms. The molecule has 1 amide bonds. The van der Waals surface area contributed by atoms with Gasteiger partial charge in [-0.15, -0.1) is 0 Å². The Morgan fingerprint density at radius 2 is 1.77 bits per heavy atom. The Bertz CT molecular complexity index is 870. The van der Waals surface area contributed by atoms with Crippen LogP contribution in [0.25, 0.3) is 0 Å². The van der Waals surface area contributed by atoms with E-state index >= 15 is 0 Å². The molecular formula is C20H19ClN4O. The highest BCUT2D eigenvalue weighted by Gasteiger charge is 2.09. The van der Waals surface area contributed by atoms with E-state index in [1.165, 1.54) is 5.56 Å². The van der Waals surface area contributed by atoms with Crippen molar-refractivity contribution in [1.29, 1.82) is 0 Å². The summed E-state index contributed by atoms with van der Waals surface area (Å²) in [7, 11) is 0. The maximum atomic E-state index is 12.3. The van der Waals surface area contributed by atoms with Crippen LogP contribution in [0, 0.1) is 0 Å². The van der Waals surface area contributed by atoms with Crippen LogP contribution >= 0.6 is 11.6 Å². The molecule has 0 radical (unpaired) electrons. The quantitative estimate of drug-likeness (QED) is 0.668. The number of carbonyl (C=O) groups excluding carboxylic acids is 1. The molecule has 1 aromatic heterocycles. The summed E-state index contributed by atoms with van der Waals surface area (Å²) >= 11 is 6.10. The molecule has 26 heavy (non-hydrogen) atoms. The number of benzene rings is 2. The second kappa shape index (κ2) is 8.97. The largest absolute Gasteiger partial charge is 0.354 e. The van der Waals surface area contributed by atoms with Crippen LogP contribution in [0.4, 0.5) is 5.95 Å². The number of anilines is 1. The van der Waals surface area contributed by atoms with Gasteiger partial charge in [-0.3, -0.25) is 4.79 Å². The number of amides is 1. The molecule has 0 aliphatic carbocycles. The number of hydrogen-bond donors (Lipinski definition) is 2. The lowest BCUT2D eigenvalue weighted by molar-refractivity contribution is 0.0946. The SMILES string of the molecule is O=C(NCc1ccccc1Cl)c1ccnc(NCCc2ccccc2)n1. The highest BCUT2D eigenvalue weighted by atomic mass is 35.5. The van der Waals surface area contributed by atoms with Gasteiger partial charge in [0, 0.05) is 24.3 Å². The van der Waals surface area contributed by atoms with Gasteiger partial charge in [0.15, 0.2) is 0 Å². The van der Waals surface area contributed by atoms with Gasteiger partial charge in [0.05, 0.1) is 0 Å². The Balaban J connectivity index is 1.54. The molecule has 0 unspecified atom stereocenters. The minimum atomic E-state index is -0.265. The molecule has 0 bridgehead atoms. The van der Waals surface area contributed by atoms with Crippen LogP contribution in [0.5, 0.6) is 0 Å². The molecule has 3 rings (SSSR count). The third-order valence-electron chi connectivity index (χ3n) is 3.83. The number of aromatic nitrogens is 2. The number of carbonyl (C=O) groups is 1. The van der Waals surface area contributed by atoms with E-state index in [0.717, 1.165) is 12.0 Å². The summed E-state index contributed by atoms with van der Waals surface area (Å²) in [5, 5.41) is 6.60. The fraction of sp³-hybridized carbons (Fsp3) is 0.150. The van der Waals surface area contributed by atoms with E-state index in [1.54, 1.807) is 18.3 Å². The van der Waals surface area contributed by atoms with E-state index in [-0.39, 0.29) is 5.91 Å². The maximum absolute atomic E-state index is 12.3. The molecule has 0 aliphatic heterocycles. The van der Waals surface area contributed by atoms with Crippen molar-refractivity contribution in [2.24, 2.45) is 0 Å². The lowest BCUT2D eigenvalue weighted by Crippen LogP contribution is -2.24. The van der Waals surface area contributed by atoms with Crippen LogP contribution in [0.3, 0.4) is 0 Å². The zero-order valence-corrected chi connectivity index (χ0v) is 14.9. The third-order valence-corrected chi connectivity index (χ3v) is 4.19. The van der Waals surface area contributed by atoms with Gasteiger partial charge in [-0.05, 0) is 29.7 Å². The van der Waals surface area contributed by atoms with Crippen LogP contribution in [0.2, 0.25) is 5.02 Å². The first kappa shape index (κ1) is 17.9.